The third-order valence-electron chi connectivity index (χ3n) is 3.95. The van der Waals surface area contributed by atoms with Crippen molar-refractivity contribution in [3.05, 3.63) is 33.8 Å². The number of benzene rings is 1. The fourth-order valence-electron chi connectivity index (χ4n) is 2.97. The quantitative estimate of drug-likeness (QED) is 0.887. The van der Waals surface area contributed by atoms with Gasteiger partial charge in [0.05, 0.1) is 10.0 Å². The molecule has 0 spiro atoms. The number of carbonyl (C=O) groups excluding carboxylic acids is 1. The Morgan fingerprint density at radius 3 is 2.71 bits per heavy atom. The number of hydrogen-bond donors (Lipinski definition) is 2. The van der Waals surface area contributed by atoms with Crippen molar-refractivity contribution >= 4 is 29.1 Å². The summed E-state index contributed by atoms with van der Waals surface area (Å²) in [5.41, 5.74) is 0.883. The van der Waals surface area contributed by atoms with Gasteiger partial charge >= 0.3 is 0 Å². The number of nitrogens with one attached hydrogen (secondary N) is 2. The molecule has 0 aliphatic carbocycles. The van der Waals surface area contributed by atoms with E-state index in [0.29, 0.717) is 16.5 Å². The maximum atomic E-state index is 12.3. The van der Waals surface area contributed by atoms with E-state index in [4.69, 9.17) is 23.2 Å². The van der Waals surface area contributed by atoms with Gasteiger partial charge in [-0.3, -0.25) is 4.79 Å². The fourth-order valence-corrected chi connectivity index (χ4v) is 3.27. The summed E-state index contributed by atoms with van der Waals surface area (Å²) < 4.78 is 0. The number of hydrogen-bond acceptors (Lipinski definition) is 2. The van der Waals surface area contributed by atoms with E-state index < -0.39 is 0 Å². The number of carbonyl (C=O) groups is 1. The Morgan fingerprint density at radius 2 is 2.14 bits per heavy atom. The zero-order valence-corrected chi connectivity index (χ0v) is 14.0. The maximum absolute atomic E-state index is 12.3. The Labute approximate surface area is 136 Å². The van der Waals surface area contributed by atoms with Crippen molar-refractivity contribution in [2.45, 2.75) is 44.6 Å². The van der Waals surface area contributed by atoms with Gasteiger partial charge in [-0.05, 0) is 50.9 Å². The lowest BCUT2D eigenvalue weighted by molar-refractivity contribution is -0.123. The maximum Gasteiger partial charge on any atom is 0.221 e. The van der Waals surface area contributed by atoms with Crippen LogP contribution in [0.5, 0.6) is 0 Å². The summed E-state index contributed by atoms with van der Waals surface area (Å²) in [6.07, 6.45) is 2.49. The van der Waals surface area contributed by atoms with Gasteiger partial charge in [0.1, 0.15) is 0 Å². The first-order chi connectivity index (χ1) is 9.93. The topological polar surface area (TPSA) is 41.1 Å². The molecule has 1 saturated heterocycles. The molecule has 1 fully saturated rings. The average molecular weight is 329 g/mol. The van der Waals surface area contributed by atoms with E-state index in [9.17, 15) is 4.79 Å². The van der Waals surface area contributed by atoms with Gasteiger partial charge in [-0.2, -0.15) is 0 Å². The predicted octanol–water partition coefficient (Wildman–Crippen LogP) is 3.53. The van der Waals surface area contributed by atoms with Gasteiger partial charge in [0.15, 0.2) is 0 Å². The molecule has 1 atom stereocenters. The zero-order chi connectivity index (χ0) is 15.5. The molecule has 116 valence electrons. The predicted molar refractivity (Wildman–Crippen MR) is 88.1 cm³/mol. The Hall–Kier alpha value is -0.770. The smallest absolute Gasteiger partial charge is 0.221 e. The van der Waals surface area contributed by atoms with Crippen LogP contribution in [0.2, 0.25) is 10.0 Å². The summed E-state index contributed by atoms with van der Waals surface area (Å²) in [6.45, 7) is 5.73. The summed E-state index contributed by atoms with van der Waals surface area (Å²) in [4.78, 5) is 12.3. The SMILES string of the molecule is CC(C)NC(=O)C[C@]1(c2ccc(Cl)c(Cl)c2)CCCNC1. The van der Waals surface area contributed by atoms with Crippen LogP contribution in [0.1, 0.15) is 38.7 Å². The van der Waals surface area contributed by atoms with Crippen LogP contribution in [0.4, 0.5) is 0 Å². The molecule has 5 heteroatoms. The second-order valence-corrected chi connectivity index (χ2v) is 6.90. The molecule has 1 aliphatic heterocycles. The van der Waals surface area contributed by atoms with Crippen LogP contribution in [-0.4, -0.2) is 25.0 Å². The normalized spacial score (nSPS) is 22.3. The van der Waals surface area contributed by atoms with Crippen molar-refractivity contribution in [2.75, 3.05) is 13.1 Å². The summed E-state index contributed by atoms with van der Waals surface area (Å²) in [5, 5.41) is 7.49. The highest BCUT2D eigenvalue weighted by Gasteiger charge is 2.36. The lowest BCUT2D eigenvalue weighted by Gasteiger charge is -2.38. The third kappa shape index (κ3) is 4.12. The molecular formula is C16H22Cl2N2O. The molecule has 1 heterocycles. The van der Waals surface area contributed by atoms with Crippen molar-refractivity contribution in [3.63, 3.8) is 0 Å². The highest BCUT2D eigenvalue weighted by molar-refractivity contribution is 6.42. The molecule has 0 unspecified atom stereocenters. The second-order valence-electron chi connectivity index (χ2n) is 6.09. The monoisotopic (exact) mass is 328 g/mol. The molecule has 21 heavy (non-hydrogen) atoms. The van der Waals surface area contributed by atoms with Crippen molar-refractivity contribution < 1.29 is 4.79 Å². The summed E-state index contributed by atoms with van der Waals surface area (Å²) in [5.74, 6) is 0.0831. The van der Waals surface area contributed by atoms with Crippen LogP contribution < -0.4 is 10.6 Å². The Kier molecular flexibility index (Phi) is 5.53. The van der Waals surface area contributed by atoms with Gasteiger partial charge in [-0.25, -0.2) is 0 Å². The molecule has 3 nitrogen and oxygen atoms in total. The van der Waals surface area contributed by atoms with E-state index in [-0.39, 0.29) is 17.4 Å². The Bertz CT molecular complexity index is 511. The van der Waals surface area contributed by atoms with Crippen LogP contribution in [-0.2, 0) is 10.2 Å². The van der Waals surface area contributed by atoms with Crippen LogP contribution in [0.15, 0.2) is 18.2 Å². The molecule has 0 radical (unpaired) electrons. The van der Waals surface area contributed by atoms with Crippen molar-refractivity contribution in [3.8, 4) is 0 Å². The number of piperidine rings is 1. The van der Waals surface area contributed by atoms with Gasteiger partial charge in [0.25, 0.3) is 0 Å². The number of halogens is 2. The second kappa shape index (κ2) is 6.99. The summed E-state index contributed by atoms with van der Waals surface area (Å²) in [6, 6.07) is 5.86. The molecule has 0 aromatic heterocycles. The van der Waals surface area contributed by atoms with E-state index in [1.807, 2.05) is 32.0 Å². The summed E-state index contributed by atoms with van der Waals surface area (Å²) in [7, 11) is 0. The molecular weight excluding hydrogens is 307 g/mol. The largest absolute Gasteiger partial charge is 0.354 e. The van der Waals surface area contributed by atoms with Gasteiger partial charge in [0, 0.05) is 24.4 Å². The molecule has 0 saturated carbocycles. The molecule has 1 aromatic rings. The van der Waals surface area contributed by atoms with E-state index in [1.54, 1.807) is 0 Å². The van der Waals surface area contributed by atoms with Gasteiger partial charge in [-0.1, -0.05) is 29.3 Å². The van der Waals surface area contributed by atoms with Crippen molar-refractivity contribution in [2.24, 2.45) is 0 Å². The number of rotatable bonds is 4. The lowest BCUT2D eigenvalue weighted by Crippen LogP contribution is -2.47. The first-order valence-electron chi connectivity index (χ1n) is 7.38. The minimum Gasteiger partial charge on any atom is -0.354 e. The van der Waals surface area contributed by atoms with Gasteiger partial charge < -0.3 is 10.6 Å². The minimum absolute atomic E-state index is 0.0831. The molecule has 1 amide bonds. The van der Waals surface area contributed by atoms with E-state index in [2.05, 4.69) is 10.6 Å². The zero-order valence-electron chi connectivity index (χ0n) is 12.5. The van der Waals surface area contributed by atoms with Crippen molar-refractivity contribution in [1.29, 1.82) is 0 Å². The molecule has 1 aliphatic rings. The van der Waals surface area contributed by atoms with E-state index in [1.165, 1.54) is 0 Å². The van der Waals surface area contributed by atoms with Gasteiger partial charge in [0.2, 0.25) is 5.91 Å². The molecule has 2 rings (SSSR count). The standard InChI is InChI=1S/C16H22Cl2N2O/c1-11(2)20-15(21)9-16(6-3-7-19-10-16)12-4-5-13(17)14(18)8-12/h4-5,8,11,19H,3,6-7,9-10H2,1-2H3,(H,20,21)/t16-/m1/s1. The Morgan fingerprint density at radius 1 is 1.38 bits per heavy atom. The molecule has 1 aromatic carbocycles. The minimum atomic E-state index is -0.203. The van der Waals surface area contributed by atoms with Crippen molar-refractivity contribution in [1.82, 2.24) is 10.6 Å². The summed E-state index contributed by atoms with van der Waals surface area (Å²) >= 11 is 12.2. The lowest BCUT2D eigenvalue weighted by atomic mass is 9.72. The van der Waals surface area contributed by atoms with Gasteiger partial charge in [-0.15, -0.1) is 0 Å². The van der Waals surface area contributed by atoms with Crippen LogP contribution in [0.3, 0.4) is 0 Å². The van der Waals surface area contributed by atoms with Crippen LogP contribution in [0.25, 0.3) is 0 Å². The Balaban J connectivity index is 2.27. The fraction of sp³-hybridized carbons (Fsp3) is 0.562. The average Bonchev–Trinajstić information content (AvgIpc) is 2.41. The highest BCUT2D eigenvalue weighted by atomic mass is 35.5. The first-order valence-corrected chi connectivity index (χ1v) is 8.14. The number of amides is 1. The van der Waals surface area contributed by atoms with Crippen LogP contribution >= 0.6 is 23.2 Å². The van der Waals surface area contributed by atoms with Crippen LogP contribution in [0, 0.1) is 0 Å². The van der Waals surface area contributed by atoms with E-state index >= 15 is 0 Å². The molecule has 0 bridgehead atoms. The third-order valence-corrected chi connectivity index (χ3v) is 4.69. The van der Waals surface area contributed by atoms with E-state index in [0.717, 1.165) is 31.5 Å². The first kappa shape index (κ1) is 16.6. The highest BCUT2D eigenvalue weighted by Crippen LogP contribution is 2.37. The molecule has 2 N–H and O–H groups in total.